The van der Waals surface area contributed by atoms with Gasteiger partial charge in [-0.25, -0.2) is 4.79 Å². The molecule has 0 radical (unpaired) electrons. The smallest absolute Gasteiger partial charge is 0.337 e. The van der Waals surface area contributed by atoms with Gasteiger partial charge in [-0.3, -0.25) is 0 Å². The highest BCUT2D eigenvalue weighted by Crippen LogP contribution is 2.50. The van der Waals surface area contributed by atoms with E-state index in [1.165, 1.54) is 18.9 Å². The number of ether oxygens (including phenoxy) is 2. The minimum atomic E-state index is -0.338. The third kappa shape index (κ3) is 3.28. The van der Waals surface area contributed by atoms with Crippen molar-refractivity contribution in [2.24, 2.45) is 0 Å². The summed E-state index contributed by atoms with van der Waals surface area (Å²) in [5.41, 5.74) is 4.74. The molecule has 0 amide bonds. The number of rotatable bonds is 6. The van der Waals surface area contributed by atoms with E-state index < -0.39 is 0 Å². The first-order valence-electron chi connectivity index (χ1n) is 9.33. The van der Waals surface area contributed by atoms with Crippen LogP contribution in [0.2, 0.25) is 0 Å². The number of fused-ring (bicyclic) bond motifs is 1. The lowest BCUT2D eigenvalue weighted by molar-refractivity contribution is 0.0600. The number of nitrogens with zero attached hydrogens (tertiary/aromatic N) is 1. The predicted octanol–water partition coefficient (Wildman–Crippen LogP) is 4.36. The molecule has 28 heavy (non-hydrogen) atoms. The highest BCUT2D eigenvalue weighted by Gasteiger charge is 2.43. The first-order valence-corrected chi connectivity index (χ1v) is 9.33. The molecule has 1 atom stereocenters. The lowest BCUT2D eigenvalue weighted by Gasteiger charge is -2.30. The number of carbonyl (C=O) groups excluding carboxylic acids is 1. The van der Waals surface area contributed by atoms with Gasteiger partial charge in [-0.05, 0) is 67.8 Å². The van der Waals surface area contributed by atoms with Crippen LogP contribution in [0, 0.1) is 5.41 Å². The van der Waals surface area contributed by atoms with Crippen LogP contribution in [0.15, 0.2) is 54.2 Å². The fraction of sp³-hybridized carbons (Fsp3) is 0.304. The molecule has 1 heterocycles. The van der Waals surface area contributed by atoms with E-state index in [1.807, 2.05) is 24.3 Å². The molecule has 0 saturated carbocycles. The van der Waals surface area contributed by atoms with Crippen molar-refractivity contribution in [1.82, 2.24) is 0 Å². The number of hydrogen-bond donors (Lipinski definition) is 1. The predicted molar refractivity (Wildman–Crippen MR) is 112 cm³/mol. The van der Waals surface area contributed by atoms with Crippen molar-refractivity contribution in [2.75, 3.05) is 25.7 Å². The highest BCUT2D eigenvalue weighted by molar-refractivity contribution is 5.89. The van der Waals surface area contributed by atoms with Gasteiger partial charge >= 0.3 is 5.97 Å². The number of allylic oxidation sites excluding steroid dienone is 2. The zero-order chi connectivity index (χ0) is 20.3. The Morgan fingerprint density at radius 2 is 1.89 bits per heavy atom. The molecule has 5 heteroatoms. The number of nitrogens with one attached hydrogen (secondary N) is 1. The zero-order valence-corrected chi connectivity index (χ0v) is 16.8. The van der Waals surface area contributed by atoms with Crippen molar-refractivity contribution in [1.29, 1.82) is 5.41 Å². The van der Waals surface area contributed by atoms with E-state index in [0.717, 1.165) is 35.7 Å². The number of carbonyl (C=O) groups is 1. The Morgan fingerprint density at radius 1 is 1.18 bits per heavy atom. The van der Waals surface area contributed by atoms with Gasteiger partial charge in [0.2, 0.25) is 0 Å². The van der Waals surface area contributed by atoms with Gasteiger partial charge < -0.3 is 19.8 Å². The molecule has 0 aromatic heterocycles. The summed E-state index contributed by atoms with van der Waals surface area (Å²) < 4.78 is 10.3. The molecular weight excluding hydrogens is 352 g/mol. The molecule has 3 rings (SSSR count). The van der Waals surface area contributed by atoms with Gasteiger partial charge in [0.15, 0.2) is 0 Å². The third-order valence-corrected chi connectivity index (χ3v) is 5.44. The van der Waals surface area contributed by atoms with Crippen LogP contribution in [0.1, 0.15) is 35.3 Å². The largest absolute Gasteiger partial charge is 0.497 e. The topological polar surface area (TPSA) is 62.6 Å². The van der Waals surface area contributed by atoms with Gasteiger partial charge in [0, 0.05) is 29.6 Å². The van der Waals surface area contributed by atoms with Crippen molar-refractivity contribution in [3.8, 4) is 5.75 Å². The fourth-order valence-corrected chi connectivity index (χ4v) is 4.05. The average molecular weight is 378 g/mol. The third-order valence-electron chi connectivity index (χ3n) is 5.44. The summed E-state index contributed by atoms with van der Waals surface area (Å²) in [4.78, 5) is 14.0. The zero-order valence-electron chi connectivity index (χ0n) is 16.8. The van der Waals surface area contributed by atoms with Gasteiger partial charge in [0.05, 0.1) is 19.8 Å². The Bertz CT molecular complexity index is 918. The molecule has 0 bridgehead atoms. The van der Waals surface area contributed by atoms with Gasteiger partial charge in [0.1, 0.15) is 5.75 Å². The van der Waals surface area contributed by atoms with E-state index in [4.69, 9.17) is 14.9 Å². The molecular formula is C23H26N2O3. The molecule has 0 aliphatic carbocycles. The fourth-order valence-electron chi connectivity index (χ4n) is 4.05. The van der Waals surface area contributed by atoms with E-state index in [1.54, 1.807) is 19.2 Å². The lowest BCUT2D eigenvalue weighted by Crippen LogP contribution is -2.30. The Balaban J connectivity index is 2.07. The van der Waals surface area contributed by atoms with E-state index in [9.17, 15) is 4.79 Å². The summed E-state index contributed by atoms with van der Waals surface area (Å²) in [7, 11) is 3.05. The molecule has 1 aliphatic heterocycles. The summed E-state index contributed by atoms with van der Waals surface area (Å²) in [6.45, 7) is 5.13. The maximum absolute atomic E-state index is 11.7. The van der Waals surface area contributed by atoms with E-state index in [0.29, 0.717) is 5.56 Å². The number of benzene rings is 2. The van der Waals surface area contributed by atoms with Crippen LogP contribution in [0.5, 0.6) is 5.75 Å². The quantitative estimate of drug-likeness (QED) is 0.599. The maximum atomic E-state index is 11.7. The summed E-state index contributed by atoms with van der Waals surface area (Å²) in [5.74, 6) is 0.480. The minimum Gasteiger partial charge on any atom is -0.497 e. The van der Waals surface area contributed by atoms with Gasteiger partial charge in [-0.2, -0.15) is 0 Å². The summed E-state index contributed by atoms with van der Waals surface area (Å²) in [6.07, 6.45) is 3.96. The monoisotopic (exact) mass is 378 g/mol. The summed E-state index contributed by atoms with van der Waals surface area (Å²) in [6, 6.07) is 13.7. The Kier molecular flexibility index (Phi) is 5.54. The number of likely N-dealkylation sites (N-methyl/N-ethyl adjacent to an activating group) is 1. The second-order valence-electron chi connectivity index (χ2n) is 7.04. The minimum absolute atomic E-state index is 0.315. The Hall–Kier alpha value is -3.08. The Morgan fingerprint density at radius 3 is 2.46 bits per heavy atom. The first kappa shape index (κ1) is 19.7. The summed E-state index contributed by atoms with van der Waals surface area (Å²) in [5, 5.41) is 7.67. The van der Waals surface area contributed by atoms with E-state index in [2.05, 4.69) is 30.9 Å². The molecule has 2 aromatic carbocycles. The standard InChI is InChI=1S/C23H26N2O3/c1-5-25-20-11-10-18(27-3)14-19(20)23(2,21(25)12-13-24)15-16-6-8-17(9-7-16)22(26)28-4/h6-14,24H,5,15H2,1-4H3/b21-12-,24-13?. The molecule has 1 aliphatic rings. The van der Waals surface area contributed by atoms with Gasteiger partial charge in [-0.1, -0.05) is 12.1 Å². The van der Waals surface area contributed by atoms with Crippen molar-refractivity contribution in [3.63, 3.8) is 0 Å². The van der Waals surface area contributed by atoms with Crippen molar-refractivity contribution in [2.45, 2.75) is 25.7 Å². The average Bonchev–Trinajstić information content (AvgIpc) is 2.95. The van der Waals surface area contributed by atoms with E-state index in [-0.39, 0.29) is 11.4 Å². The van der Waals surface area contributed by atoms with Gasteiger partial charge in [0.25, 0.3) is 0 Å². The van der Waals surface area contributed by atoms with Crippen LogP contribution < -0.4 is 9.64 Å². The normalized spacial score (nSPS) is 19.4. The van der Waals surface area contributed by atoms with Gasteiger partial charge in [-0.15, -0.1) is 0 Å². The lowest BCUT2D eigenvalue weighted by atomic mass is 9.76. The SMILES string of the molecule is CCN1/C(=C\C=N)C(C)(Cc2ccc(C(=O)OC)cc2)c2cc(OC)ccc21. The van der Waals surface area contributed by atoms with Crippen LogP contribution in [0.3, 0.4) is 0 Å². The molecule has 0 saturated heterocycles. The number of anilines is 1. The summed E-state index contributed by atoms with van der Waals surface area (Å²) >= 11 is 0. The maximum Gasteiger partial charge on any atom is 0.337 e. The molecule has 0 fully saturated rings. The molecule has 1 unspecified atom stereocenters. The number of methoxy groups -OCH3 is 2. The molecule has 0 spiro atoms. The van der Waals surface area contributed by atoms with Crippen molar-refractivity contribution < 1.29 is 14.3 Å². The number of esters is 1. The van der Waals surface area contributed by atoms with Crippen molar-refractivity contribution in [3.05, 3.63) is 70.9 Å². The first-order chi connectivity index (χ1) is 13.5. The Labute approximate surface area is 166 Å². The second kappa shape index (κ2) is 7.89. The van der Waals surface area contributed by atoms with Crippen molar-refractivity contribution >= 4 is 17.9 Å². The highest BCUT2D eigenvalue weighted by atomic mass is 16.5. The molecule has 1 N–H and O–H groups in total. The van der Waals surface area contributed by atoms with Crippen LogP contribution >= 0.6 is 0 Å². The van der Waals surface area contributed by atoms with E-state index >= 15 is 0 Å². The number of hydrogen-bond acceptors (Lipinski definition) is 5. The van der Waals surface area contributed by atoms with Crippen LogP contribution in [-0.2, 0) is 16.6 Å². The molecule has 2 aromatic rings. The molecule has 5 nitrogen and oxygen atoms in total. The second-order valence-corrected chi connectivity index (χ2v) is 7.04. The molecule has 146 valence electrons. The van der Waals surface area contributed by atoms with Crippen LogP contribution in [-0.4, -0.2) is 32.9 Å². The van der Waals surface area contributed by atoms with Crippen LogP contribution in [0.4, 0.5) is 5.69 Å². The van der Waals surface area contributed by atoms with Crippen LogP contribution in [0.25, 0.3) is 0 Å².